The van der Waals surface area contributed by atoms with E-state index in [4.69, 9.17) is 0 Å². The fourth-order valence-corrected chi connectivity index (χ4v) is 4.54. The predicted octanol–water partition coefficient (Wildman–Crippen LogP) is 2.00. The van der Waals surface area contributed by atoms with Gasteiger partial charge in [0.05, 0.1) is 5.88 Å². The number of hydrogen-bond donors (Lipinski definition) is 1. The molecular weight excluding hydrogens is 322 g/mol. The average Bonchev–Trinajstić information content (AvgIpc) is 3.09. The Morgan fingerprint density at radius 3 is 3.00 bits per heavy atom. The quantitative estimate of drug-likeness (QED) is 0.905. The zero-order valence-electron chi connectivity index (χ0n) is 14.4. The Morgan fingerprint density at radius 2 is 2.21 bits per heavy atom. The Bertz CT molecular complexity index is 635. The fourth-order valence-electron chi connectivity index (χ4n) is 3.36. The van der Waals surface area contributed by atoms with Gasteiger partial charge in [0.2, 0.25) is 11.8 Å². The van der Waals surface area contributed by atoms with Gasteiger partial charge in [0.1, 0.15) is 6.04 Å². The first-order chi connectivity index (χ1) is 11.6. The van der Waals surface area contributed by atoms with Gasteiger partial charge in [-0.25, -0.2) is 0 Å². The Hall–Kier alpha value is -1.69. The standard InChI is InChI=1S/C18H25N3O2S/c1-3-17(22)21-12-24-11-16(21)18(23)19-10-13-6-7-15-14(9-13)5-4-8-20(15)2/h6-7,9,16H,3-5,8,10-12H2,1-2H3,(H,19,23). The van der Waals surface area contributed by atoms with Crippen molar-refractivity contribution in [2.75, 3.05) is 30.1 Å². The van der Waals surface area contributed by atoms with Crippen LogP contribution in [0.25, 0.3) is 0 Å². The third-order valence-electron chi connectivity index (χ3n) is 4.77. The third-order valence-corrected chi connectivity index (χ3v) is 5.78. The number of fused-ring (bicyclic) bond motifs is 1. The van der Waals surface area contributed by atoms with E-state index in [0.717, 1.165) is 18.5 Å². The number of amides is 2. The number of thioether (sulfide) groups is 1. The number of carbonyl (C=O) groups excluding carboxylic acids is 2. The van der Waals surface area contributed by atoms with Crippen LogP contribution in [-0.4, -0.2) is 48.0 Å². The molecule has 2 amide bonds. The van der Waals surface area contributed by atoms with Crippen LogP contribution in [0.1, 0.15) is 30.9 Å². The highest BCUT2D eigenvalue weighted by molar-refractivity contribution is 7.99. The number of nitrogens with one attached hydrogen (secondary N) is 1. The number of benzene rings is 1. The van der Waals surface area contributed by atoms with Crippen LogP contribution in [0.3, 0.4) is 0 Å². The smallest absolute Gasteiger partial charge is 0.243 e. The van der Waals surface area contributed by atoms with E-state index in [1.54, 1.807) is 16.7 Å². The lowest BCUT2D eigenvalue weighted by Crippen LogP contribution is -2.46. The summed E-state index contributed by atoms with van der Waals surface area (Å²) >= 11 is 1.64. The molecule has 1 N–H and O–H groups in total. The molecule has 2 heterocycles. The molecule has 1 atom stereocenters. The molecule has 1 unspecified atom stereocenters. The van der Waals surface area contributed by atoms with E-state index >= 15 is 0 Å². The van der Waals surface area contributed by atoms with Gasteiger partial charge >= 0.3 is 0 Å². The number of anilines is 1. The molecule has 24 heavy (non-hydrogen) atoms. The Balaban J connectivity index is 1.61. The number of carbonyl (C=O) groups is 2. The van der Waals surface area contributed by atoms with E-state index in [9.17, 15) is 9.59 Å². The van der Waals surface area contributed by atoms with Crippen molar-refractivity contribution in [3.8, 4) is 0 Å². The first kappa shape index (κ1) is 17.1. The summed E-state index contributed by atoms with van der Waals surface area (Å²) in [6, 6.07) is 6.10. The van der Waals surface area contributed by atoms with Crippen molar-refractivity contribution in [1.82, 2.24) is 10.2 Å². The van der Waals surface area contributed by atoms with Gasteiger partial charge < -0.3 is 15.1 Å². The second-order valence-electron chi connectivity index (χ2n) is 6.44. The minimum absolute atomic E-state index is 0.0448. The van der Waals surface area contributed by atoms with Crippen LogP contribution >= 0.6 is 11.8 Å². The Morgan fingerprint density at radius 1 is 1.38 bits per heavy atom. The molecule has 3 rings (SSSR count). The van der Waals surface area contributed by atoms with Crippen LogP contribution in [-0.2, 0) is 22.6 Å². The zero-order chi connectivity index (χ0) is 17.1. The average molecular weight is 347 g/mol. The zero-order valence-corrected chi connectivity index (χ0v) is 15.2. The number of rotatable bonds is 4. The number of aryl methyl sites for hydroxylation is 1. The van der Waals surface area contributed by atoms with Gasteiger partial charge in [-0.3, -0.25) is 9.59 Å². The van der Waals surface area contributed by atoms with Gasteiger partial charge in [-0.05, 0) is 30.0 Å². The molecule has 2 aliphatic rings. The molecule has 1 saturated heterocycles. The molecule has 5 nitrogen and oxygen atoms in total. The van der Waals surface area contributed by atoms with E-state index in [1.807, 2.05) is 6.92 Å². The maximum atomic E-state index is 12.5. The molecular formula is C18H25N3O2S. The molecule has 0 aromatic heterocycles. The van der Waals surface area contributed by atoms with Crippen LogP contribution in [0, 0.1) is 0 Å². The summed E-state index contributed by atoms with van der Waals surface area (Å²) in [6.07, 6.45) is 2.72. The number of nitrogens with zero attached hydrogens (tertiary/aromatic N) is 2. The van der Waals surface area contributed by atoms with E-state index in [-0.39, 0.29) is 17.9 Å². The van der Waals surface area contributed by atoms with Crippen molar-refractivity contribution < 1.29 is 9.59 Å². The Labute approximate surface area is 147 Å². The van der Waals surface area contributed by atoms with Crippen LogP contribution in [0.15, 0.2) is 18.2 Å². The molecule has 6 heteroatoms. The van der Waals surface area contributed by atoms with Crippen LogP contribution in [0.4, 0.5) is 5.69 Å². The Kier molecular flexibility index (Phi) is 5.33. The molecule has 2 aliphatic heterocycles. The van der Waals surface area contributed by atoms with Crippen molar-refractivity contribution >= 4 is 29.3 Å². The summed E-state index contributed by atoms with van der Waals surface area (Å²) in [7, 11) is 2.12. The fraction of sp³-hybridized carbons (Fsp3) is 0.556. The largest absolute Gasteiger partial charge is 0.374 e. The highest BCUT2D eigenvalue weighted by Crippen LogP contribution is 2.27. The second-order valence-corrected chi connectivity index (χ2v) is 7.44. The minimum atomic E-state index is -0.328. The first-order valence-corrected chi connectivity index (χ1v) is 9.73. The second kappa shape index (κ2) is 7.47. The molecule has 0 aliphatic carbocycles. The highest BCUT2D eigenvalue weighted by atomic mass is 32.2. The summed E-state index contributed by atoms with van der Waals surface area (Å²) in [5, 5.41) is 3.01. The van der Waals surface area contributed by atoms with Crippen LogP contribution in [0.2, 0.25) is 0 Å². The highest BCUT2D eigenvalue weighted by Gasteiger charge is 2.33. The van der Waals surface area contributed by atoms with E-state index in [2.05, 4.69) is 35.5 Å². The van der Waals surface area contributed by atoms with Gasteiger partial charge in [0.15, 0.2) is 0 Å². The van der Waals surface area contributed by atoms with E-state index < -0.39 is 0 Å². The summed E-state index contributed by atoms with van der Waals surface area (Å²) < 4.78 is 0. The first-order valence-electron chi connectivity index (χ1n) is 8.58. The van der Waals surface area contributed by atoms with Gasteiger partial charge in [0.25, 0.3) is 0 Å². The normalized spacial score (nSPS) is 20.0. The summed E-state index contributed by atoms with van der Waals surface area (Å²) in [4.78, 5) is 28.4. The van der Waals surface area contributed by atoms with Crippen molar-refractivity contribution in [1.29, 1.82) is 0 Å². The molecule has 0 bridgehead atoms. The molecule has 0 spiro atoms. The summed E-state index contributed by atoms with van der Waals surface area (Å²) in [6.45, 7) is 3.46. The van der Waals surface area contributed by atoms with Crippen molar-refractivity contribution in [2.45, 2.75) is 38.8 Å². The topological polar surface area (TPSA) is 52.7 Å². The van der Waals surface area contributed by atoms with Crippen molar-refractivity contribution in [3.63, 3.8) is 0 Å². The predicted molar refractivity (Wildman–Crippen MR) is 98.1 cm³/mol. The molecule has 1 aromatic rings. The minimum Gasteiger partial charge on any atom is -0.374 e. The molecule has 130 valence electrons. The monoisotopic (exact) mass is 347 g/mol. The van der Waals surface area contributed by atoms with E-state index in [0.29, 0.717) is 24.6 Å². The maximum Gasteiger partial charge on any atom is 0.243 e. The lowest BCUT2D eigenvalue weighted by Gasteiger charge is -2.28. The maximum absolute atomic E-state index is 12.5. The third kappa shape index (κ3) is 3.53. The van der Waals surface area contributed by atoms with Crippen molar-refractivity contribution in [3.05, 3.63) is 29.3 Å². The van der Waals surface area contributed by atoms with E-state index in [1.165, 1.54) is 17.7 Å². The summed E-state index contributed by atoms with van der Waals surface area (Å²) in [5.41, 5.74) is 3.77. The van der Waals surface area contributed by atoms with Crippen LogP contribution < -0.4 is 10.2 Å². The van der Waals surface area contributed by atoms with Gasteiger partial charge in [-0.15, -0.1) is 11.8 Å². The SMILES string of the molecule is CCC(=O)N1CSCC1C(=O)NCc1ccc2c(c1)CCCN2C. The van der Waals surface area contributed by atoms with Gasteiger partial charge in [0, 0.05) is 38.0 Å². The van der Waals surface area contributed by atoms with Gasteiger partial charge in [-0.2, -0.15) is 0 Å². The lowest BCUT2D eigenvalue weighted by molar-refractivity contribution is -0.137. The molecule has 0 saturated carbocycles. The molecule has 0 radical (unpaired) electrons. The molecule has 1 fully saturated rings. The number of hydrogen-bond acceptors (Lipinski definition) is 4. The molecule has 1 aromatic carbocycles. The summed E-state index contributed by atoms with van der Waals surface area (Å²) in [5.74, 6) is 1.32. The lowest BCUT2D eigenvalue weighted by atomic mass is 9.99. The van der Waals surface area contributed by atoms with Gasteiger partial charge in [-0.1, -0.05) is 19.1 Å². The van der Waals surface area contributed by atoms with Crippen molar-refractivity contribution in [2.24, 2.45) is 0 Å². The van der Waals surface area contributed by atoms with Crippen LogP contribution in [0.5, 0.6) is 0 Å².